The molecule has 0 bridgehead atoms. The number of hydrogen-bond donors (Lipinski definition) is 2. The number of nitrogens with zero attached hydrogens (tertiary/aromatic N) is 2. The fourth-order valence-electron chi connectivity index (χ4n) is 1.83. The van der Waals surface area contributed by atoms with Gasteiger partial charge in [0.1, 0.15) is 5.75 Å². The molecule has 0 atom stereocenters. The van der Waals surface area contributed by atoms with E-state index in [1.54, 1.807) is 0 Å². The number of ether oxygens (including phenoxy) is 1. The van der Waals surface area contributed by atoms with E-state index in [0.717, 1.165) is 24.3 Å². The summed E-state index contributed by atoms with van der Waals surface area (Å²) in [5.41, 5.74) is 6.42. The van der Waals surface area contributed by atoms with Crippen molar-refractivity contribution in [1.82, 2.24) is 15.2 Å². The SMILES string of the molecule is CCCCCCOc1ccc(-c2nc(N)n[nH]2)cc1. The molecule has 0 radical (unpaired) electrons. The molecule has 0 aliphatic rings. The maximum atomic E-state index is 5.68. The molecule has 2 aromatic rings. The van der Waals surface area contributed by atoms with Crippen LogP contribution in [0.3, 0.4) is 0 Å². The molecule has 0 saturated carbocycles. The summed E-state index contributed by atoms with van der Waals surface area (Å²) in [6, 6.07) is 7.77. The first kappa shape index (κ1) is 13.4. The van der Waals surface area contributed by atoms with Crippen molar-refractivity contribution in [2.24, 2.45) is 0 Å². The van der Waals surface area contributed by atoms with Crippen LogP contribution in [0.15, 0.2) is 24.3 Å². The van der Waals surface area contributed by atoms with Crippen LogP contribution in [-0.4, -0.2) is 21.8 Å². The number of aromatic nitrogens is 3. The highest BCUT2D eigenvalue weighted by Gasteiger charge is 2.03. The van der Waals surface area contributed by atoms with E-state index in [9.17, 15) is 0 Å². The van der Waals surface area contributed by atoms with Gasteiger partial charge in [0, 0.05) is 5.56 Å². The van der Waals surface area contributed by atoms with Crippen molar-refractivity contribution in [3.05, 3.63) is 24.3 Å². The Morgan fingerprint density at radius 3 is 2.58 bits per heavy atom. The Hall–Kier alpha value is -2.04. The van der Waals surface area contributed by atoms with Gasteiger partial charge in [-0.25, -0.2) is 0 Å². The molecule has 19 heavy (non-hydrogen) atoms. The lowest BCUT2D eigenvalue weighted by molar-refractivity contribution is 0.305. The maximum absolute atomic E-state index is 5.68. The Bertz CT molecular complexity index is 492. The molecular formula is C14H20N4O. The van der Waals surface area contributed by atoms with Crippen molar-refractivity contribution in [3.63, 3.8) is 0 Å². The third-order valence-corrected chi connectivity index (χ3v) is 2.90. The zero-order chi connectivity index (χ0) is 13.5. The van der Waals surface area contributed by atoms with Gasteiger partial charge in [-0.2, -0.15) is 4.98 Å². The standard InChI is InChI=1S/C14H20N4O/c1-2-3-4-5-10-19-12-8-6-11(7-9-12)13-16-14(15)18-17-13/h6-9H,2-5,10H2,1H3,(H3,15,16,17,18). The average Bonchev–Trinajstić information content (AvgIpc) is 2.86. The number of hydrogen-bond acceptors (Lipinski definition) is 4. The van der Waals surface area contributed by atoms with Crippen LogP contribution in [-0.2, 0) is 0 Å². The molecule has 0 aliphatic heterocycles. The van der Waals surface area contributed by atoms with Crippen LogP contribution >= 0.6 is 0 Å². The smallest absolute Gasteiger partial charge is 0.239 e. The zero-order valence-corrected chi connectivity index (χ0v) is 11.2. The minimum Gasteiger partial charge on any atom is -0.494 e. The second-order valence-corrected chi connectivity index (χ2v) is 4.48. The number of H-pyrrole nitrogens is 1. The summed E-state index contributed by atoms with van der Waals surface area (Å²) in [5.74, 6) is 1.81. The predicted octanol–water partition coefficient (Wildman–Crippen LogP) is 3.01. The second kappa shape index (κ2) is 6.78. The van der Waals surface area contributed by atoms with Crippen molar-refractivity contribution in [1.29, 1.82) is 0 Å². The Balaban J connectivity index is 1.85. The number of nitrogens with one attached hydrogen (secondary N) is 1. The van der Waals surface area contributed by atoms with Crippen LogP contribution in [0.2, 0.25) is 0 Å². The Morgan fingerprint density at radius 1 is 1.16 bits per heavy atom. The maximum Gasteiger partial charge on any atom is 0.239 e. The Morgan fingerprint density at radius 2 is 1.95 bits per heavy atom. The first-order valence-electron chi connectivity index (χ1n) is 6.70. The monoisotopic (exact) mass is 260 g/mol. The van der Waals surface area contributed by atoms with Crippen LogP contribution in [0.25, 0.3) is 11.4 Å². The van der Waals surface area contributed by atoms with E-state index in [4.69, 9.17) is 10.5 Å². The molecule has 0 spiro atoms. The zero-order valence-electron chi connectivity index (χ0n) is 11.2. The molecule has 3 N–H and O–H groups in total. The van der Waals surface area contributed by atoms with Crippen molar-refractivity contribution < 1.29 is 4.74 Å². The fourth-order valence-corrected chi connectivity index (χ4v) is 1.83. The molecule has 0 aliphatic carbocycles. The number of anilines is 1. The molecule has 1 heterocycles. The first-order chi connectivity index (χ1) is 9.29. The molecule has 0 fully saturated rings. The number of benzene rings is 1. The van der Waals surface area contributed by atoms with E-state index in [1.165, 1.54) is 19.3 Å². The van der Waals surface area contributed by atoms with Gasteiger partial charge in [0.2, 0.25) is 5.95 Å². The van der Waals surface area contributed by atoms with Gasteiger partial charge < -0.3 is 10.5 Å². The highest BCUT2D eigenvalue weighted by atomic mass is 16.5. The van der Waals surface area contributed by atoms with Crippen LogP contribution < -0.4 is 10.5 Å². The van der Waals surface area contributed by atoms with Gasteiger partial charge >= 0.3 is 0 Å². The van der Waals surface area contributed by atoms with E-state index < -0.39 is 0 Å². The molecule has 5 nitrogen and oxygen atoms in total. The molecule has 0 amide bonds. The minimum atomic E-state index is 0.256. The van der Waals surface area contributed by atoms with E-state index in [1.807, 2.05) is 24.3 Å². The van der Waals surface area contributed by atoms with E-state index in [-0.39, 0.29) is 5.95 Å². The molecule has 2 rings (SSSR count). The summed E-state index contributed by atoms with van der Waals surface area (Å²) in [7, 11) is 0. The lowest BCUT2D eigenvalue weighted by Crippen LogP contribution is -1.97. The fraction of sp³-hybridized carbons (Fsp3) is 0.429. The summed E-state index contributed by atoms with van der Waals surface area (Å²) in [5, 5.41) is 6.58. The predicted molar refractivity (Wildman–Crippen MR) is 75.9 cm³/mol. The highest BCUT2D eigenvalue weighted by Crippen LogP contribution is 2.19. The second-order valence-electron chi connectivity index (χ2n) is 4.48. The normalized spacial score (nSPS) is 10.6. The van der Waals surface area contributed by atoms with Crippen LogP contribution in [0, 0.1) is 0 Å². The van der Waals surface area contributed by atoms with Gasteiger partial charge in [-0.05, 0) is 30.7 Å². The van der Waals surface area contributed by atoms with Crippen molar-refractivity contribution >= 4 is 5.95 Å². The van der Waals surface area contributed by atoms with Crippen molar-refractivity contribution in [2.45, 2.75) is 32.6 Å². The van der Waals surface area contributed by atoms with Gasteiger partial charge in [0.15, 0.2) is 5.82 Å². The molecule has 1 aromatic heterocycles. The van der Waals surface area contributed by atoms with Gasteiger partial charge in [-0.3, -0.25) is 5.10 Å². The molecule has 5 heteroatoms. The average molecular weight is 260 g/mol. The van der Waals surface area contributed by atoms with Crippen LogP contribution in [0.5, 0.6) is 5.75 Å². The van der Waals surface area contributed by atoms with E-state index in [0.29, 0.717) is 5.82 Å². The minimum absolute atomic E-state index is 0.256. The summed E-state index contributed by atoms with van der Waals surface area (Å²) in [6.07, 6.45) is 4.85. The van der Waals surface area contributed by atoms with E-state index in [2.05, 4.69) is 22.1 Å². The summed E-state index contributed by atoms with van der Waals surface area (Å²) in [4.78, 5) is 4.08. The molecule has 0 saturated heterocycles. The quantitative estimate of drug-likeness (QED) is 0.750. The molecule has 102 valence electrons. The number of nitrogen functional groups attached to an aromatic ring is 1. The van der Waals surface area contributed by atoms with Crippen LogP contribution in [0.1, 0.15) is 32.6 Å². The van der Waals surface area contributed by atoms with Gasteiger partial charge in [0.05, 0.1) is 6.61 Å². The lowest BCUT2D eigenvalue weighted by Gasteiger charge is -2.06. The summed E-state index contributed by atoms with van der Waals surface area (Å²) >= 11 is 0. The van der Waals surface area contributed by atoms with Crippen molar-refractivity contribution in [3.8, 4) is 17.1 Å². The third kappa shape index (κ3) is 3.98. The summed E-state index contributed by atoms with van der Waals surface area (Å²) in [6.45, 7) is 2.98. The number of aromatic amines is 1. The van der Waals surface area contributed by atoms with Crippen molar-refractivity contribution in [2.75, 3.05) is 12.3 Å². The number of rotatable bonds is 7. The summed E-state index contributed by atoms with van der Waals surface area (Å²) < 4.78 is 5.68. The largest absolute Gasteiger partial charge is 0.494 e. The Labute approximate surface area is 113 Å². The van der Waals surface area contributed by atoms with E-state index >= 15 is 0 Å². The molecular weight excluding hydrogens is 240 g/mol. The topological polar surface area (TPSA) is 76.8 Å². The van der Waals surface area contributed by atoms with Gasteiger partial charge in [-0.1, -0.05) is 26.2 Å². The van der Waals surface area contributed by atoms with Gasteiger partial charge in [-0.15, -0.1) is 5.10 Å². The number of unbranched alkanes of at least 4 members (excludes halogenated alkanes) is 3. The molecule has 0 unspecified atom stereocenters. The lowest BCUT2D eigenvalue weighted by atomic mass is 10.2. The van der Waals surface area contributed by atoms with Crippen LogP contribution in [0.4, 0.5) is 5.95 Å². The number of nitrogens with two attached hydrogens (primary N) is 1. The highest BCUT2D eigenvalue weighted by molar-refractivity contribution is 5.56. The third-order valence-electron chi connectivity index (χ3n) is 2.90. The van der Waals surface area contributed by atoms with Gasteiger partial charge in [0.25, 0.3) is 0 Å². The first-order valence-corrected chi connectivity index (χ1v) is 6.70. The Kier molecular flexibility index (Phi) is 4.78. The molecule has 1 aromatic carbocycles.